The molecule has 0 fully saturated rings. The molecule has 0 saturated carbocycles. The molecule has 178 valence electrons. The minimum atomic E-state index is -1.05. The van der Waals surface area contributed by atoms with Gasteiger partial charge in [-0.3, -0.25) is 0 Å². The molecule has 30 heavy (non-hydrogen) atoms. The molecule has 0 aromatic rings. The summed E-state index contributed by atoms with van der Waals surface area (Å²) in [5, 5.41) is 2.95. The highest BCUT2D eigenvalue weighted by atomic mass is 27.2. The Morgan fingerprint density at radius 1 is 0.500 bits per heavy atom. The molecule has 0 saturated heterocycles. The summed E-state index contributed by atoms with van der Waals surface area (Å²) in [6, 6.07) is 0. The van der Waals surface area contributed by atoms with Crippen LogP contribution in [0.25, 0.3) is 0 Å². The molecule has 6 heteroatoms. The van der Waals surface area contributed by atoms with E-state index < -0.39 is 29.2 Å². The van der Waals surface area contributed by atoms with Gasteiger partial charge in [0.2, 0.25) is 0 Å². The number of hydrogen-bond acceptors (Lipinski definition) is 4. The van der Waals surface area contributed by atoms with Gasteiger partial charge >= 0.3 is 29.2 Å². The number of rotatable bonds is 20. The van der Waals surface area contributed by atoms with E-state index in [0.717, 1.165) is 5.92 Å². The Kier molecular flexibility index (Phi) is 20.0. The van der Waals surface area contributed by atoms with E-state index in [9.17, 15) is 0 Å². The largest absolute Gasteiger partial charge is 0.488 e. The van der Waals surface area contributed by atoms with Gasteiger partial charge in [0.05, 0.1) is 0 Å². The van der Waals surface area contributed by atoms with Crippen molar-refractivity contribution in [2.75, 3.05) is 52.4 Å². The summed E-state index contributed by atoms with van der Waals surface area (Å²) in [6.07, 6.45) is 5.65. The third-order valence-electron chi connectivity index (χ3n) is 7.28. The van der Waals surface area contributed by atoms with Crippen LogP contribution in [0.3, 0.4) is 0 Å². The molecule has 0 radical (unpaired) electrons. The Morgan fingerprint density at radius 3 is 1.20 bits per heavy atom. The van der Waals surface area contributed by atoms with Crippen molar-refractivity contribution in [2.45, 2.75) is 98.6 Å². The van der Waals surface area contributed by atoms with Crippen molar-refractivity contribution in [3.63, 3.8) is 0 Å². The lowest BCUT2D eigenvalue weighted by Crippen LogP contribution is -2.54. The van der Waals surface area contributed by atoms with Crippen molar-refractivity contribution in [1.82, 2.24) is 15.5 Å². The van der Waals surface area contributed by atoms with Crippen LogP contribution in [0.2, 0.25) is 10.6 Å². The Morgan fingerprint density at radius 2 is 0.867 bits per heavy atom. The van der Waals surface area contributed by atoms with Gasteiger partial charge in [0.15, 0.2) is 0 Å². The summed E-state index contributed by atoms with van der Waals surface area (Å²) in [5.74, 6) is 0.920. The summed E-state index contributed by atoms with van der Waals surface area (Å²) in [7, 11) is 0. The average Bonchev–Trinajstić information content (AvgIpc) is 2.77. The quantitative estimate of drug-likeness (QED) is 0.224. The van der Waals surface area contributed by atoms with E-state index in [-0.39, 0.29) is 0 Å². The van der Waals surface area contributed by atoms with Crippen molar-refractivity contribution in [1.29, 1.82) is 0 Å². The summed E-state index contributed by atoms with van der Waals surface area (Å²) in [4.78, 5) is 0. The second-order valence-electron chi connectivity index (χ2n) is 8.67. The Hall–Kier alpha value is 0.905. The molecule has 0 heterocycles. The summed E-state index contributed by atoms with van der Waals surface area (Å²) >= 11 is -2.07. The SMILES string of the molecule is CCCCC(C[CH2][Al]([N](CC)CC)[N](CC)CC)[CH2][Al]([N](CC)CC)[N](CC)CC. The van der Waals surface area contributed by atoms with Crippen molar-refractivity contribution in [3.8, 4) is 0 Å². The molecule has 1 atom stereocenters. The van der Waals surface area contributed by atoms with E-state index in [2.05, 4.69) is 77.8 Å². The van der Waals surface area contributed by atoms with Crippen LogP contribution in [0.15, 0.2) is 0 Å². The van der Waals surface area contributed by atoms with Gasteiger partial charge in [-0.2, -0.15) is 0 Å². The van der Waals surface area contributed by atoms with Crippen molar-refractivity contribution < 1.29 is 0 Å². The molecule has 1 unspecified atom stereocenters. The highest BCUT2D eigenvalue weighted by Gasteiger charge is 2.36. The van der Waals surface area contributed by atoms with Crippen LogP contribution in [0.5, 0.6) is 0 Å². The number of hydrogen-bond donors (Lipinski definition) is 0. The summed E-state index contributed by atoms with van der Waals surface area (Å²) in [6.45, 7) is 31.1. The Labute approximate surface area is 201 Å². The lowest BCUT2D eigenvalue weighted by molar-refractivity contribution is 0.351. The van der Waals surface area contributed by atoms with E-state index in [0.29, 0.717) is 0 Å². The first kappa shape index (κ1) is 30.9. The van der Waals surface area contributed by atoms with Gasteiger partial charge in [-0.1, -0.05) is 104 Å². The molecule has 0 rings (SSSR count). The molecule has 4 nitrogen and oxygen atoms in total. The average molecular weight is 455 g/mol. The topological polar surface area (TPSA) is 13.0 Å². The maximum Gasteiger partial charge on any atom is 0.488 e. The fourth-order valence-electron chi connectivity index (χ4n) is 5.26. The van der Waals surface area contributed by atoms with Crippen LogP contribution in [0.1, 0.15) is 88.0 Å². The number of unbranched alkanes of at least 4 members (excludes halogenated alkanes) is 1. The molecule has 0 N–H and O–H groups in total. The maximum absolute atomic E-state index is 2.84. The molecular formula is C24H56Al2N4. The predicted molar refractivity (Wildman–Crippen MR) is 140 cm³/mol. The normalized spacial score (nSPS) is 13.1. The third-order valence-corrected chi connectivity index (χ3v) is 15.5. The van der Waals surface area contributed by atoms with Crippen molar-refractivity contribution >= 4 is 29.2 Å². The predicted octanol–water partition coefficient (Wildman–Crippen LogP) is 5.53. The summed E-state index contributed by atoms with van der Waals surface area (Å²) in [5.41, 5.74) is 0. The van der Waals surface area contributed by atoms with Gasteiger partial charge < -0.3 is 15.5 Å². The van der Waals surface area contributed by atoms with Gasteiger partial charge in [-0.15, -0.1) is 0 Å². The van der Waals surface area contributed by atoms with Gasteiger partial charge in [0, 0.05) is 0 Å². The monoisotopic (exact) mass is 454 g/mol. The molecule has 0 aromatic carbocycles. The third kappa shape index (κ3) is 10.7. The molecular weight excluding hydrogens is 398 g/mol. The molecule has 0 spiro atoms. The van der Waals surface area contributed by atoms with Gasteiger partial charge in [0.25, 0.3) is 0 Å². The van der Waals surface area contributed by atoms with Gasteiger partial charge in [0.1, 0.15) is 0 Å². The molecule has 0 aromatic heterocycles. The van der Waals surface area contributed by atoms with Gasteiger partial charge in [-0.25, -0.2) is 0 Å². The lowest BCUT2D eigenvalue weighted by Gasteiger charge is -2.37. The maximum atomic E-state index is 2.84. The molecule has 0 aliphatic rings. The fraction of sp³-hybridized carbons (Fsp3) is 1.00. The highest BCUT2D eigenvalue weighted by molar-refractivity contribution is 6.53. The fourth-order valence-corrected chi connectivity index (χ4v) is 12.7. The summed E-state index contributed by atoms with van der Waals surface area (Å²) < 4.78 is 11.3. The van der Waals surface area contributed by atoms with E-state index in [1.807, 2.05) is 0 Å². The highest BCUT2D eigenvalue weighted by Crippen LogP contribution is 2.26. The zero-order valence-corrected chi connectivity index (χ0v) is 24.7. The van der Waals surface area contributed by atoms with E-state index in [1.54, 1.807) is 0 Å². The zero-order chi connectivity index (χ0) is 22.9. The Balaban J connectivity index is 5.46. The minimum absolute atomic E-state index is 0.920. The molecule has 0 aliphatic carbocycles. The van der Waals surface area contributed by atoms with Crippen molar-refractivity contribution in [2.24, 2.45) is 5.92 Å². The molecule has 0 bridgehead atoms. The first-order valence-electron chi connectivity index (χ1n) is 13.5. The number of nitrogens with zero attached hydrogens (tertiary/aromatic N) is 4. The van der Waals surface area contributed by atoms with E-state index >= 15 is 0 Å². The zero-order valence-electron chi connectivity index (χ0n) is 22.4. The van der Waals surface area contributed by atoms with E-state index in [4.69, 9.17) is 0 Å². The first-order valence-corrected chi connectivity index (χ1v) is 17.2. The molecule has 0 amide bonds. The van der Waals surface area contributed by atoms with Crippen molar-refractivity contribution in [3.05, 3.63) is 0 Å². The standard InChI is InChI=1S/C8H16.4C4H10N.2Al/c1-4-6-7-8(3)5-2;4*1-3-5-4-2;;/h8H,2-7H2,1H3;4*3-4H2,1-2H3;;/q;4*-1;2*+2. The smallest absolute Gasteiger partial charge is 0.372 e. The lowest BCUT2D eigenvalue weighted by atomic mass is 10.0. The van der Waals surface area contributed by atoms with Gasteiger partial charge in [-0.05, 0) is 52.4 Å². The Bertz CT molecular complexity index is 346. The van der Waals surface area contributed by atoms with Crippen LogP contribution >= 0.6 is 0 Å². The van der Waals surface area contributed by atoms with Crippen LogP contribution < -0.4 is 0 Å². The molecule has 0 aliphatic heterocycles. The van der Waals surface area contributed by atoms with Crippen LogP contribution in [0, 0.1) is 5.92 Å². The van der Waals surface area contributed by atoms with Crippen LogP contribution in [-0.2, 0) is 0 Å². The van der Waals surface area contributed by atoms with E-state index in [1.165, 1.54) is 88.6 Å². The second kappa shape index (κ2) is 19.4. The van der Waals surface area contributed by atoms with Crippen LogP contribution in [0.4, 0.5) is 0 Å². The minimum Gasteiger partial charge on any atom is -0.372 e. The van der Waals surface area contributed by atoms with Crippen LogP contribution in [-0.4, -0.2) is 97.1 Å². The second-order valence-corrected chi connectivity index (χ2v) is 14.6. The first-order chi connectivity index (χ1) is 14.5.